The molecule has 140 valence electrons. The van der Waals surface area contributed by atoms with E-state index in [-0.39, 0.29) is 11.6 Å². The number of ether oxygens (including phenoxy) is 1. The van der Waals surface area contributed by atoms with Gasteiger partial charge >= 0.3 is 5.63 Å². The molecule has 3 N–H and O–H groups in total. The Morgan fingerprint density at radius 3 is 2.74 bits per heavy atom. The quantitative estimate of drug-likeness (QED) is 0.164. The fourth-order valence-electron chi connectivity index (χ4n) is 2.59. The standard InChI is InChI=1S/C20H20IN3O3/c1-13-11-19(25)27-18-12-16(7-8-17(13)18)26-10-2-9-23-20(22)24-15-5-3-14(21)4-6-15/h3-8,11-12H,2,9-10H2,1H3,(H3,22,23,24). The predicted octanol–water partition coefficient (Wildman–Crippen LogP) is 4.11. The molecule has 6 nitrogen and oxygen atoms in total. The number of hydrogen-bond acceptors (Lipinski definition) is 4. The molecular weight excluding hydrogens is 457 g/mol. The maximum Gasteiger partial charge on any atom is 0.336 e. The van der Waals surface area contributed by atoms with Crippen LogP contribution in [0.1, 0.15) is 12.0 Å². The van der Waals surface area contributed by atoms with Crippen molar-refractivity contribution < 1.29 is 9.15 Å². The van der Waals surface area contributed by atoms with E-state index < -0.39 is 0 Å². The molecule has 27 heavy (non-hydrogen) atoms. The zero-order valence-electron chi connectivity index (χ0n) is 14.8. The lowest BCUT2D eigenvalue weighted by molar-refractivity contribution is 0.311. The number of hydrogen-bond donors (Lipinski definition) is 3. The summed E-state index contributed by atoms with van der Waals surface area (Å²) in [7, 11) is 0. The molecule has 0 radical (unpaired) electrons. The Hall–Kier alpha value is -2.55. The topological polar surface area (TPSA) is 87.3 Å². The second-order valence-electron chi connectivity index (χ2n) is 6.04. The van der Waals surface area contributed by atoms with Gasteiger partial charge in [0.15, 0.2) is 5.96 Å². The molecule has 3 rings (SSSR count). The van der Waals surface area contributed by atoms with Gasteiger partial charge in [-0.3, -0.25) is 5.41 Å². The number of halogens is 1. The second-order valence-corrected chi connectivity index (χ2v) is 7.29. The Morgan fingerprint density at radius 1 is 1.19 bits per heavy atom. The summed E-state index contributed by atoms with van der Waals surface area (Å²) in [5.41, 5.74) is 1.92. The number of anilines is 1. The van der Waals surface area contributed by atoms with Crippen molar-refractivity contribution in [1.82, 2.24) is 5.32 Å². The van der Waals surface area contributed by atoms with E-state index in [2.05, 4.69) is 33.2 Å². The lowest BCUT2D eigenvalue weighted by Crippen LogP contribution is -2.31. The van der Waals surface area contributed by atoms with Crippen LogP contribution in [0.4, 0.5) is 5.69 Å². The highest BCUT2D eigenvalue weighted by molar-refractivity contribution is 14.1. The van der Waals surface area contributed by atoms with Crippen molar-refractivity contribution in [3.8, 4) is 5.75 Å². The first kappa shape index (κ1) is 19.2. The highest BCUT2D eigenvalue weighted by atomic mass is 127. The number of rotatable bonds is 6. The summed E-state index contributed by atoms with van der Waals surface area (Å²) >= 11 is 2.24. The molecule has 0 aliphatic heterocycles. The van der Waals surface area contributed by atoms with Crippen molar-refractivity contribution in [2.75, 3.05) is 18.5 Å². The predicted molar refractivity (Wildman–Crippen MR) is 116 cm³/mol. The Kier molecular flexibility index (Phi) is 6.33. The van der Waals surface area contributed by atoms with E-state index in [0.717, 1.165) is 26.6 Å². The van der Waals surface area contributed by atoms with Crippen molar-refractivity contribution in [1.29, 1.82) is 5.41 Å². The van der Waals surface area contributed by atoms with Crippen LogP contribution in [-0.4, -0.2) is 19.1 Å². The summed E-state index contributed by atoms with van der Waals surface area (Å²) in [6, 6.07) is 14.8. The van der Waals surface area contributed by atoms with E-state index in [1.807, 2.05) is 43.3 Å². The van der Waals surface area contributed by atoms with Gasteiger partial charge in [0.2, 0.25) is 0 Å². The monoisotopic (exact) mass is 477 g/mol. The van der Waals surface area contributed by atoms with E-state index >= 15 is 0 Å². The maximum absolute atomic E-state index is 11.5. The molecule has 2 aromatic carbocycles. The molecule has 1 heterocycles. The van der Waals surface area contributed by atoms with Crippen LogP contribution in [0.3, 0.4) is 0 Å². The maximum atomic E-state index is 11.5. The number of fused-ring (bicyclic) bond motifs is 1. The van der Waals surface area contributed by atoms with Gasteiger partial charge in [-0.25, -0.2) is 4.79 Å². The molecule has 0 atom stereocenters. The average Bonchev–Trinajstić information content (AvgIpc) is 2.63. The summed E-state index contributed by atoms with van der Waals surface area (Å²) in [5, 5.41) is 14.8. The van der Waals surface area contributed by atoms with Crippen molar-refractivity contribution in [3.63, 3.8) is 0 Å². The molecule has 0 aliphatic rings. The Labute approximate surface area is 170 Å². The smallest absolute Gasteiger partial charge is 0.336 e. The molecule has 0 unspecified atom stereocenters. The van der Waals surface area contributed by atoms with E-state index in [4.69, 9.17) is 14.6 Å². The van der Waals surface area contributed by atoms with Crippen molar-refractivity contribution >= 4 is 45.2 Å². The molecule has 0 saturated heterocycles. The van der Waals surface area contributed by atoms with Gasteiger partial charge in [0.05, 0.1) is 6.61 Å². The number of benzene rings is 2. The SMILES string of the molecule is Cc1cc(=O)oc2cc(OCCCNC(=N)Nc3ccc(I)cc3)ccc12. The van der Waals surface area contributed by atoms with Crippen LogP contribution in [-0.2, 0) is 0 Å². The van der Waals surface area contributed by atoms with E-state index in [9.17, 15) is 4.79 Å². The summed E-state index contributed by atoms with van der Waals surface area (Å²) in [5.74, 6) is 0.905. The van der Waals surface area contributed by atoms with Crippen LogP contribution >= 0.6 is 22.6 Å². The molecule has 0 saturated carbocycles. The van der Waals surface area contributed by atoms with Crippen molar-refractivity contribution in [2.24, 2.45) is 0 Å². The number of aryl methyl sites for hydroxylation is 1. The van der Waals surface area contributed by atoms with Gasteiger partial charge in [-0.15, -0.1) is 0 Å². The van der Waals surface area contributed by atoms with Crippen LogP contribution in [0.5, 0.6) is 5.75 Å². The van der Waals surface area contributed by atoms with Gasteiger partial charge in [-0.05, 0) is 77.9 Å². The summed E-state index contributed by atoms with van der Waals surface area (Å²) in [6.45, 7) is 2.98. The first-order valence-corrected chi connectivity index (χ1v) is 9.61. The minimum Gasteiger partial charge on any atom is -0.493 e. The number of nitrogens with one attached hydrogen (secondary N) is 3. The van der Waals surface area contributed by atoms with Crippen molar-refractivity contribution in [3.05, 3.63) is 68.1 Å². The Morgan fingerprint density at radius 2 is 1.96 bits per heavy atom. The molecule has 0 spiro atoms. The van der Waals surface area contributed by atoms with E-state index in [1.54, 1.807) is 6.07 Å². The largest absolute Gasteiger partial charge is 0.493 e. The number of guanidine groups is 1. The minimum atomic E-state index is -0.361. The van der Waals surface area contributed by atoms with Crippen molar-refractivity contribution in [2.45, 2.75) is 13.3 Å². The molecule has 0 fully saturated rings. The molecule has 0 amide bonds. The lowest BCUT2D eigenvalue weighted by atomic mass is 10.1. The Bertz CT molecular complexity index is 1000. The van der Waals surface area contributed by atoms with E-state index in [1.165, 1.54) is 6.07 Å². The van der Waals surface area contributed by atoms with Gasteiger partial charge in [-0.1, -0.05) is 0 Å². The van der Waals surface area contributed by atoms with Gasteiger partial charge < -0.3 is 19.8 Å². The zero-order chi connectivity index (χ0) is 19.2. The molecule has 3 aromatic rings. The normalized spacial score (nSPS) is 10.6. The van der Waals surface area contributed by atoms with Gasteiger partial charge in [0, 0.05) is 33.3 Å². The van der Waals surface area contributed by atoms with E-state index in [0.29, 0.717) is 24.5 Å². The molecule has 7 heteroatoms. The van der Waals surface area contributed by atoms with Crippen LogP contribution in [0, 0.1) is 15.9 Å². The summed E-state index contributed by atoms with van der Waals surface area (Å²) in [4.78, 5) is 11.5. The Balaban J connectivity index is 1.43. The molecular formula is C20H20IN3O3. The van der Waals surface area contributed by atoms with Crippen LogP contribution in [0.25, 0.3) is 11.0 Å². The average molecular weight is 477 g/mol. The fourth-order valence-corrected chi connectivity index (χ4v) is 2.95. The third-order valence-electron chi connectivity index (χ3n) is 3.93. The first-order valence-electron chi connectivity index (χ1n) is 8.53. The summed E-state index contributed by atoms with van der Waals surface area (Å²) < 4.78 is 12.1. The highest BCUT2D eigenvalue weighted by Crippen LogP contribution is 2.22. The molecule has 0 aliphatic carbocycles. The van der Waals surface area contributed by atoms with Crippen LogP contribution < -0.4 is 21.0 Å². The van der Waals surface area contributed by atoms with Gasteiger partial charge in [-0.2, -0.15) is 0 Å². The third kappa shape index (κ3) is 5.46. The first-order chi connectivity index (χ1) is 13.0. The van der Waals surface area contributed by atoms with Gasteiger partial charge in [0.25, 0.3) is 0 Å². The fraction of sp³-hybridized carbons (Fsp3) is 0.200. The minimum absolute atomic E-state index is 0.249. The summed E-state index contributed by atoms with van der Waals surface area (Å²) in [6.07, 6.45) is 0.729. The third-order valence-corrected chi connectivity index (χ3v) is 4.65. The van der Waals surface area contributed by atoms with Gasteiger partial charge in [0.1, 0.15) is 11.3 Å². The molecule has 1 aromatic heterocycles. The van der Waals surface area contributed by atoms with Crippen LogP contribution in [0.15, 0.2) is 57.7 Å². The molecule has 0 bridgehead atoms. The lowest BCUT2D eigenvalue weighted by Gasteiger charge is -2.11. The van der Waals surface area contributed by atoms with Crippen LogP contribution in [0.2, 0.25) is 0 Å². The second kappa shape index (κ2) is 8.90. The zero-order valence-corrected chi connectivity index (χ0v) is 17.0. The highest BCUT2D eigenvalue weighted by Gasteiger charge is 2.04.